The predicted molar refractivity (Wildman–Crippen MR) is 88.1 cm³/mol. The van der Waals surface area contributed by atoms with E-state index >= 15 is 0 Å². The Bertz CT molecular complexity index is 599. The lowest BCUT2D eigenvalue weighted by Crippen LogP contribution is -2.22. The molecule has 2 rings (SSSR count). The Labute approximate surface area is 131 Å². The number of aldehydes is 1. The van der Waals surface area contributed by atoms with Gasteiger partial charge in [-0.15, -0.1) is 0 Å². The zero-order chi connectivity index (χ0) is 15.8. The van der Waals surface area contributed by atoms with Gasteiger partial charge < -0.3 is 14.7 Å². The molecule has 4 heteroatoms. The molecule has 0 aromatic heterocycles. The quantitative estimate of drug-likeness (QED) is 0.595. The first-order valence-electron chi connectivity index (χ1n) is 7.44. The summed E-state index contributed by atoms with van der Waals surface area (Å²) in [5.74, 6) is -0.0112. The van der Waals surface area contributed by atoms with Crippen molar-refractivity contribution in [1.29, 1.82) is 0 Å². The maximum Gasteiger partial charge on any atom is 0.153 e. The molecule has 0 heterocycles. The van der Waals surface area contributed by atoms with Crippen LogP contribution in [0.25, 0.3) is 0 Å². The third kappa shape index (κ3) is 4.09. The molecule has 0 saturated heterocycles. The van der Waals surface area contributed by atoms with Gasteiger partial charge in [-0.2, -0.15) is 0 Å². The first-order chi connectivity index (χ1) is 10.8. The summed E-state index contributed by atoms with van der Waals surface area (Å²) in [5, 5.41) is 9.91. The molecule has 0 bridgehead atoms. The summed E-state index contributed by atoms with van der Waals surface area (Å²) < 4.78 is 5.57. The van der Waals surface area contributed by atoms with Crippen molar-refractivity contribution in [3.8, 4) is 5.75 Å². The number of rotatable bonds is 8. The van der Waals surface area contributed by atoms with Gasteiger partial charge in [-0.05, 0) is 30.7 Å². The summed E-state index contributed by atoms with van der Waals surface area (Å²) in [5.41, 5.74) is 2.13. The van der Waals surface area contributed by atoms with Crippen molar-refractivity contribution in [2.24, 2.45) is 0 Å². The fourth-order valence-corrected chi connectivity index (χ4v) is 2.22. The van der Waals surface area contributed by atoms with E-state index in [1.54, 1.807) is 12.1 Å². The second kappa shape index (κ2) is 8.20. The molecular weight excluding hydrogens is 278 g/mol. The standard InChI is InChI=1S/C18H21NO3/c1-2-11-22-12-10-19(16-6-4-3-5-7-16)17-9-8-15(14-20)18(21)13-17/h3-9,13-14,21H,2,10-12H2,1H3. The Kier molecular flexibility index (Phi) is 5.98. The highest BCUT2D eigenvalue weighted by Crippen LogP contribution is 2.29. The molecular formula is C18H21NO3. The molecule has 0 fully saturated rings. The number of anilines is 2. The lowest BCUT2D eigenvalue weighted by Gasteiger charge is -2.25. The lowest BCUT2D eigenvalue weighted by atomic mass is 10.1. The fourth-order valence-electron chi connectivity index (χ4n) is 2.22. The monoisotopic (exact) mass is 299 g/mol. The number of phenols is 1. The van der Waals surface area contributed by atoms with Gasteiger partial charge in [0.05, 0.1) is 12.2 Å². The fraction of sp³-hybridized carbons (Fsp3) is 0.278. The molecule has 116 valence electrons. The highest BCUT2D eigenvalue weighted by atomic mass is 16.5. The van der Waals surface area contributed by atoms with Crippen LogP contribution in [-0.2, 0) is 4.74 Å². The van der Waals surface area contributed by atoms with Crippen LogP contribution in [0.1, 0.15) is 23.7 Å². The molecule has 2 aromatic carbocycles. The van der Waals surface area contributed by atoms with Crippen LogP contribution >= 0.6 is 0 Å². The molecule has 1 N–H and O–H groups in total. The summed E-state index contributed by atoms with van der Waals surface area (Å²) in [7, 11) is 0. The molecule has 0 aliphatic carbocycles. The van der Waals surface area contributed by atoms with E-state index < -0.39 is 0 Å². The molecule has 0 saturated carbocycles. The summed E-state index contributed by atoms with van der Waals surface area (Å²) in [6.45, 7) is 4.08. The summed E-state index contributed by atoms with van der Waals surface area (Å²) in [4.78, 5) is 12.9. The predicted octanol–water partition coefficient (Wildman–Crippen LogP) is 3.77. The summed E-state index contributed by atoms with van der Waals surface area (Å²) in [6, 6.07) is 15.0. The largest absolute Gasteiger partial charge is 0.507 e. The number of carbonyl (C=O) groups is 1. The molecule has 22 heavy (non-hydrogen) atoms. The zero-order valence-corrected chi connectivity index (χ0v) is 12.7. The second-order valence-corrected chi connectivity index (χ2v) is 4.96. The molecule has 2 aromatic rings. The Balaban J connectivity index is 2.23. The van der Waals surface area contributed by atoms with Crippen LogP contribution in [-0.4, -0.2) is 31.2 Å². The average Bonchev–Trinajstić information content (AvgIpc) is 2.56. The van der Waals surface area contributed by atoms with Gasteiger partial charge >= 0.3 is 0 Å². The van der Waals surface area contributed by atoms with Crippen LogP contribution in [0.15, 0.2) is 48.5 Å². The third-order valence-electron chi connectivity index (χ3n) is 3.33. The third-order valence-corrected chi connectivity index (χ3v) is 3.33. The SMILES string of the molecule is CCCOCCN(c1ccccc1)c1ccc(C=O)c(O)c1. The Morgan fingerprint density at radius 2 is 1.86 bits per heavy atom. The van der Waals surface area contributed by atoms with Crippen molar-refractivity contribution in [3.63, 3.8) is 0 Å². The van der Waals surface area contributed by atoms with E-state index in [2.05, 4.69) is 11.8 Å². The first-order valence-corrected chi connectivity index (χ1v) is 7.44. The van der Waals surface area contributed by atoms with E-state index in [-0.39, 0.29) is 5.75 Å². The molecule has 0 spiro atoms. The molecule has 0 aliphatic rings. The van der Waals surface area contributed by atoms with Crippen LogP contribution < -0.4 is 4.90 Å². The number of aromatic hydroxyl groups is 1. The van der Waals surface area contributed by atoms with Gasteiger partial charge in [0.1, 0.15) is 5.75 Å². The minimum atomic E-state index is -0.0112. The number of hydrogen-bond acceptors (Lipinski definition) is 4. The molecule has 0 atom stereocenters. The number of hydrogen-bond donors (Lipinski definition) is 1. The van der Waals surface area contributed by atoms with Crippen molar-refractivity contribution >= 4 is 17.7 Å². The molecule has 4 nitrogen and oxygen atoms in total. The van der Waals surface area contributed by atoms with Crippen molar-refractivity contribution in [3.05, 3.63) is 54.1 Å². The van der Waals surface area contributed by atoms with E-state index in [0.29, 0.717) is 25.0 Å². The lowest BCUT2D eigenvalue weighted by molar-refractivity contribution is 0.112. The first kappa shape index (κ1) is 16.0. The minimum absolute atomic E-state index is 0.0112. The van der Waals surface area contributed by atoms with Crippen molar-refractivity contribution in [2.75, 3.05) is 24.7 Å². The molecule has 0 unspecified atom stereocenters. The van der Waals surface area contributed by atoms with Gasteiger partial charge in [-0.3, -0.25) is 4.79 Å². The number of phenolic OH excluding ortho intramolecular Hbond substituents is 1. The summed E-state index contributed by atoms with van der Waals surface area (Å²) in [6.07, 6.45) is 1.64. The van der Waals surface area contributed by atoms with Gasteiger partial charge in [0.2, 0.25) is 0 Å². The van der Waals surface area contributed by atoms with Crippen LogP contribution in [0, 0.1) is 0 Å². The Hall–Kier alpha value is -2.33. The van der Waals surface area contributed by atoms with Gasteiger partial charge in [0.25, 0.3) is 0 Å². The average molecular weight is 299 g/mol. The van der Waals surface area contributed by atoms with E-state index in [0.717, 1.165) is 24.4 Å². The number of carbonyl (C=O) groups excluding carboxylic acids is 1. The normalized spacial score (nSPS) is 10.4. The van der Waals surface area contributed by atoms with Crippen molar-refractivity contribution in [2.45, 2.75) is 13.3 Å². The van der Waals surface area contributed by atoms with Crippen LogP contribution in [0.3, 0.4) is 0 Å². The zero-order valence-electron chi connectivity index (χ0n) is 12.7. The van der Waals surface area contributed by atoms with Gasteiger partial charge in [0.15, 0.2) is 6.29 Å². The van der Waals surface area contributed by atoms with Gasteiger partial charge in [0, 0.05) is 30.6 Å². The number of nitrogens with zero attached hydrogens (tertiary/aromatic N) is 1. The van der Waals surface area contributed by atoms with E-state index in [1.807, 2.05) is 36.4 Å². The summed E-state index contributed by atoms with van der Waals surface area (Å²) >= 11 is 0. The minimum Gasteiger partial charge on any atom is -0.507 e. The van der Waals surface area contributed by atoms with E-state index in [9.17, 15) is 9.90 Å². The topological polar surface area (TPSA) is 49.8 Å². The number of para-hydroxylation sites is 1. The number of ether oxygens (including phenoxy) is 1. The maximum absolute atomic E-state index is 10.8. The molecule has 0 radical (unpaired) electrons. The highest BCUT2D eigenvalue weighted by Gasteiger charge is 2.11. The van der Waals surface area contributed by atoms with E-state index in [4.69, 9.17) is 4.74 Å². The second-order valence-electron chi connectivity index (χ2n) is 4.96. The van der Waals surface area contributed by atoms with Crippen molar-refractivity contribution in [1.82, 2.24) is 0 Å². The highest BCUT2D eigenvalue weighted by molar-refractivity contribution is 5.81. The van der Waals surface area contributed by atoms with E-state index in [1.165, 1.54) is 0 Å². The number of benzene rings is 2. The van der Waals surface area contributed by atoms with Gasteiger partial charge in [-0.1, -0.05) is 25.1 Å². The Morgan fingerprint density at radius 3 is 2.50 bits per heavy atom. The van der Waals surface area contributed by atoms with Gasteiger partial charge in [-0.25, -0.2) is 0 Å². The van der Waals surface area contributed by atoms with Crippen LogP contribution in [0.5, 0.6) is 5.75 Å². The molecule has 0 amide bonds. The smallest absolute Gasteiger partial charge is 0.153 e. The van der Waals surface area contributed by atoms with Crippen LogP contribution in [0.2, 0.25) is 0 Å². The van der Waals surface area contributed by atoms with Crippen LogP contribution in [0.4, 0.5) is 11.4 Å². The van der Waals surface area contributed by atoms with Crippen molar-refractivity contribution < 1.29 is 14.6 Å². The Morgan fingerprint density at radius 1 is 1.09 bits per heavy atom. The maximum atomic E-state index is 10.8. The molecule has 0 aliphatic heterocycles.